The maximum atomic E-state index is 10.9. The van der Waals surface area contributed by atoms with Crippen LogP contribution in [0.2, 0.25) is 0 Å². The van der Waals surface area contributed by atoms with Crippen molar-refractivity contribution in [2.45, 2.75) is 0 Å². The molecule has 5 heteroatoms. The first-order valence-electron chi connectivity index (χ1n) is 4.15. The van der Waals surface area contributed by atoms with Crippen molar-refractivity contribution >= 4 is 16.9 Å². The van der Waals surface area contributed by atoms with Crippen molar-refractivity contribution in [3.8, 4) is 5.75 Å². The number of carbonyl (C=O) groups is 1. The van der Waals surface area contributed by atoms with Gasteiger partial charge in [0.2, 0.25) is 0 Å². The second-order valence-corrected chi connectivity index (χ2v) is 2.99. The first kappa shape index (κ1) is 9.26. The molecular weight excluding hydrogens is 198 g/mol. The number of carbonyl (C=O) groups excluding carboxylic acids is 1. The second-order valence-electron chi connectivity index (χ2n) is 2.99. The van der Waals surface area contributed by atoms with E-state index in [2.05, 4.69) is 0 Å². The van der Waals surface area contributed by atoms with Gasteiger partial charge in [-0.3, -0.25) is 4.79 Å². The SMILES string of the molecule is NC(=O)c1ccc2oc(=O)ccc2c1O. The van der Waals surface area contributed by atoms with Crippen LogP contribution in [0.25, 0.3) is 11.0 Å². The topological polar surface area (TPSA) is 93.5 Å². The standard InChI is InChI=1S/C10H7NO4/c11-10(14)6-1-3-7-5(9(6)13)2-4-8(12)15-7/h1-4,13H,(H2,11,14). The molecule has 2 aromatic rings. The van der Waals surface area contributed by atoms with E-state index in [1.54, 1.807) is 0 Å². The zero-order valence-corrected chi connectivity index (χ0v) is 7.56. The van der Waals surface area contributed by atoms with Crippen LogP contribution >= 0.6 is 0 Å². The first-order valence-corrected chi connectivity index (χ1v) is 4.15. The van der Waals surface area contributed by atoms with Gasteiger partial charge < -0.3 is 15.3 Å². The van der Waals surface area contributed by atoms with Gasteiger partial charge in [0.15, 0.2) is 0 Å². The number of benzene rings is 1. The van der Waals surface area contributed by atoms with Gasteiger partial charge in [0.25, 0.3) is 5.91 Å². The third-order valence-electron chi connectivity index (χ3n) is 2.04. The van der Waals surface area contributed by atoms with Crippen LogP contribution < -0.4 is 11.4 Å². The number of aromatic hydroxyl groups is 1. The predicted octanol–water partition coefficient (Wildman–Crippen LogP) is 0.598. The Hall–Kier alpha value is -2.30. The summed E-state index contributed by atoms with van der Waals surface area (Å²) in [7, 11) is 0. The van der Waals surface area contributed by atoms with Gasteiger partial charge in [0.05, 0.1) is 10.9 Å². The Morgan fingerprint density at radius 1 is 1.27 bits per heavy atom. The first-order chi connectivity index (χ1) is 7.09. The van der Waals surface area contributed by atoms with Crippen molar-refractivity contribution in [2.24, 2.45) is 5.73 Å². The molecule has 0 aliphatic heterocycles. The zero-order chi connectivity index (χ0) is 11.0. The Morgan fingerprint density at radius 3 is 2.67 bits per heavy atom. The molecular formula is C10H7NO4. The highest BCUT2D eigenvalue weighted by atomic mass is 16.4. The summed E-state index contributed by atoms with van der Waals surface area (Å²) in [5, 5.41) is 9.93. The van der Waals surface area contributed by atoms with E-state index >= 15 is 0 Å². The Labute approximate surface area is 83.7 Å². The van der Waals surface area contributed by atoms with Gasteiger partial charge in [-0.05, 0) is 18.2 Å². The van der Waals surface area contributed by atoms with Crippen molar-refractivity contribution in [2.75, 3.05) is 0 Å². The van der Waals surface area contributed by atoms with Gasteiger partial charge in [-0.1, -0.05) is 0 Å². The molecule has 0 unspecified atom stereocenters. The number of fused-ring (bicyclic) bond motifs is 1. The summed E-state index contributed by atoms with van der Waals surface area (Å²) in [6.45, 7) is 0. The van der Waals surface area contributed by atoms with Crippen LogP contribution in [-0.4, -0.2) is 11.0 Å². The Morgan fingerprint density at radius 2 is 2.00 bits per heavy atom. The highest BCUT2D eigenvalue weighted by Crippen LogP contribution is 2.27. The second kappa shape index (κ2) is 3.13. The fourth-order valence-corrected chi connectivity index (χ4v) is 1.33. The van der Waals surface area contributed by atoms with Crippen LogP contribution in [0.1, 0.15) is 10.4 Å². The number of hydrogen-bond donors (Lipinski definition) is 2. The van der Waals surface area contributed by atoms with Gasteiger partial charge in [-0.2, -0.15) is 0 Å². The molecule has 1 amide bonds. The summed E-state index contributed by atoms with van der Waals surface area (Å²) in [4.78, 5) is 21.8. The fourth-order valence-electron chi connectivity index (χ4n) is 1.33. The Kier molecular flexibility index (Phi) is 1.93. The number of phenols is 1. The average Bonchev–Trinajstić information content (AvgIpc) is 2.17. The molecule has 0 fully saturated rings. The van der Waals surface area contributed by atoms with Crippen molar-refractivity contribution in [1.29, 1.82) is 0 Å². The molecule has 15 heavy (non-hydrogen) atoms. The molecule has 0 saturated carbocycles. The van der Waals surface area contributed by atoms with Crippen LogP contribution in [0.5, 0.6) is 5.75 Å². The molecule has 0 spiro atoms. The predicted molar refractivity (Wildman–Crippen MR) is 52.7 cm³/mol. The lowest BCUT2D eigenvalue weighted by atomic mass is 10.1. The highest BCUT2D eigenvalue weighted by Gasteiger charge is 2.11. The van der Waals surface area contributed by atoms with E-state index in [0.29, 0.717) is 0 Å². The number of rotatable bonds is 1. The van der Waals surface area contributed by atoms with E-state index in [1.165, 1.54) is 18.2 Å². The average molecular weight is 205 g/mol. The van der Waals surface area contributed by atoms with E-state index in [-0.39, 0.29) is 22.3 Å². The number of amides is 1. The van der Waals surface area contributed by atoms with Gasteiger partial charge in [-0.25, -0.2) is 4.79 Å². The monoisotopic (exact) mass is 205 g/mol. The number of nitrogens with two attached hydrogens (primary N) is 1. The Balaban J connectivity index is 2.85. The molecule has 3 N–H and O–H groups in total. The van der Waals surface area contributed by atoms with E-state index in [1.807, 2.05) is 0 Å². The maximum Gasteiger partial charge on any atom is 0.336 e. The summed E-state index contributed by atoms with van der Waals surface area (Å²) in [5.74, 6) is -1.01. The summed E-state index contributed by atoms with van der Waals surface area (Å²) >= 11 is 0. The van der Waals surface area contributed by atoms with E-state index < -0.39 is 11.5 Å². The summed E-state index contributed by atoms with van der Waals surface area (Å²) in [6, 6.07) is 5.26. The van der Waals surface area contributed by atoms with Gasteiger partial charge in [0, 0.05) is 6.07 Å². The molecule has 1 heterocycles. The smallest absolute Gasteiger partial charge is 0.336 e. The van der Waals surface area contributed by atoms with Crippen molar-refractivity contribution in [1.82, 2.24) is 0 Å². The molecule has 0 bridgehead atoms. The van der Waals surface area contributed by atoms with Crippen molar-refractivity contribution < 1.29 is 14.3 Å². The molecule has 0 radical (unpaired) electrons. The minimum atomic E-state index is -0.736. The summed E-state index contributed by atoms with van der Waals surface area (Å²) in [5.41, 5.74) is 4.73. The lowest BCUT2D eigenvalue weighted by Crippen LogP contribution is -2.11. The third kappa shape index (κ3) is 1.43. The minimum absolute atomic E-state index is 0.00338. The highest BCUT2D eigenvalue weighted by molar-refractivity contribution is 6.01. The molecule has 0 atom stereocenters. The molecule has 1 aromatic heterocycles. The number of hydrogen-bond acceptors (Lipinski definition) is 4. The van der Waals surface area contributed by atoms with E-state index in [0.717, 1.165) is 6.07 Å². The molecule has 76 valence electrons. The minimum Gasteiger partial charge on any atom is -0.506 e. The summed E-state index contributed by atoms with van der Waals surface area (Å²) in [6.07, 6.45) is 0. The van der Waals surface area contributed by atoms with Gasteiger partial charge in [0.1, 0.15) is 11.3 Å². The van der Waals surface area contributed by atoms with Crippen LogP contribution in [0.3, 0.4) is 0 Å². The Bertz CT molecular complexity index is 600. The number of primary amides is 1. The lowest BCUT2D eigenvalue weighted by molar-refractivity contribution is 0.0998. The van der Waals surface area contributed by atoms with Crippen molar-refractivity contribution in [3.63, 3.8) is 0 Å². The normalized spacial score (nSPS) is 10.4. The van der Waals surface area contributed by atoms with Crippen molar-refractivity contribution in [3.05, 3.63) is 40.2 Å². The molecule has 0 saturated heterocycles. The fraction of sp³-hybridized carbons (Fsp3) is 0. The van der Waals surface area contributed by atoms with Crippen LogP contribution in [0.15, 0.2) is 33.5 Å². The van der Waals surface area contributed by atoms with E-state index in [9.17, 15) is 14.7 Å². The third-order valence-corrected chi connectivity index (χ3v) is 2.04. The van der Waals surface area contributed by atoms with Crippen LogP contribution in [0, 0.1) is 0 Å². The largest absolute Gasteiger partial charge is 0.506 e. The molecule has 1 aromatic carbocycles. The molecule has 0 aliphatic rings. The zero-order valence-electron chi connectivity index (χ0n) is 7.56. The maximum absolute atomic E-state index is 10.9. The lowest BCUT2D eigenvalue weighted by Gasteiger charge is -2.02. The van der Waals surface area contributed by atoms with Gasteiger partial charge in [-0.15, -0.1) is 0 Å². The van der Waals surface area contributed by atoms with Gasteiger partial charge >= 0.3 is 5.63 Å². The van der Waals surface area contributed by atoms with E-state index in [4.69, 9.17) is 10.2 Å². The quantitative estimate of drug-likeness (QED) is 0.666. The molecule has 2 rings (SSSR count). The molecule has 5 nitrogen and oxygen atoms in total. The molecule has 0 aliphatic carbocycles. The van der Waals surface area contributed by atoms with Crippen LogP contribution in [-0.2, 0) is 0 Å². The summed E-state index contributed by atoms with van der Waals surface area (Å²) < 4.78 is 4.81. The van der Waals surface area contributed by atoms with Crippen LogP contribution in [0.4, 0.5) is 0 Å².